The van der Waals surface area contributed by atoms with E-state index in [0.29, 0.717) is 19.1 Å². The summed E-state index contributed by atoms with van der Waals surface area (Å²) in [5, 5.41) is 3.38. The summed E-state index contributed by atoms with van der Waals surface area (Å²) in [6, 6.07) is 3.24. The van der Waals surface area contributed by atoms with Crippen LogP contribution in [0.2, 0.25) is 0 Å². The minimum absolute atomic E-state index is 0. The molecule has 2 aliphatic heterocycles. The molecule has 1 spiro atoms. The highest BCUT2D eigenvalue weighted by Crippen LogP contribution is 2.43. The van der Waals surface area contributed by atoms with Crippen molar-refractivity contribution < 1.29 is 13.2 Å². The van der Waals surface area contributed by atoms with Crippen LogP contribution in [0.5, 0.6) is 0 Å². The molecule has 22 heavy (non-hydrogen) atoms. The molecule has 2 atom stereocenters. The van der Waals surface area contributed by atoms with Gasteiger partial charge in [0.2, 0.25) is 0 Å². The molecule has 3 heterocycles. The Morgan fingerprint density at radius 2 is 1.91 bits per heavy atom. The van der Waals surface area contributed by atoms with Gasteiger partial charge in [0.15, 0.2) is 0 Å². The van der Waals surface area contributed by atoms with Gasteiger partial charge in [0.1, 0.15) is 5.69 Å². The molecule has 3 nitrogen and oxygen atoms in total. The largest absolute Gasteiger partial charge is 0.431 e. The van der Waals surface area contributed by atoms with Crippen molar-refractivity contribution in [2.24, 2.45) is 0 Å². The summed E-state index contributed by atoms with van der Waals surface area (Å²) in [5.74, 6) is 0. The number of hydrogen-bond acceptors (Lipinski definition) is 2. The summed E-state index contributed by atoms with van der Waals surface area (Å²) in [7, 11) is 2.03. The molecule has 3 rings (SSSR count). The van der Waals surface area contributed by atoms with Gasteiger partial charge in [-0.15, -0.1) is 24.8 Å². The van der Waals surface area contributed by atoms with Crippen LogP contribution in [0, 0.1) is 0 Å². The van der Waals surface area contributed by atoms with E-state index in [0.717, 1.165) is 25.1 Å². The van der Waals surface area contributed by atoms with Crippen molar-refractivity contribution in [1.29, 1.82) is 0 Å². The number of aromatic nitrogens is 1. The first-order chi connectivity index (χ1) is 9.34. The molecule has 2 unspecified atom stereocenters. The second-order valence-corrected chi connectivity index (χ2v) is 6.02. The average molecular weight is 360 g/mol. The molecule has 1 N–H and O–H groups in total. The van der Waals surface area contributed by atoms with Crippen LogP contribution in [0.1, 0.15) is 31.2 Å². The van der Waals surface area contributed by atoms with Gasteiger partial charge in [-0.25, -0.2) is 0 Å². The molecular weight excluding hydrogens is 338 g/mol. The first kappa shape index (κ1) is 19.6. The van der Waals surface area contributed by atoms with Gasteiger partial charge in [0, 0.05) is 24.8 Å². The Labute approximate surface area is 141 Å². The van der Waals surface area contributed by atoms with Crippen molar-refractivity contribution in [2.45, 2.75) is 44.1 Å². The highest BCUT2D eigenvalue weighted by molar-refractivity contribution is 5.85. The van der Waals surface area contributed by atoms with Gasteiger partial charge in [-0.3, -0.25) is 4.90 Å². The maximum Gasteiger partial charge on any atom is 0.431 e. The van der Waals surface area contributed by atoms with Gasteiger partial charge >= 0.3 is 6.18 Å². The maximum absolute atomic E-state index is 13.1. The van der Waals surface area contributed by atoms with Crippen molar-refractivity contribution >= 4 is 24.8 Å². The van der Waals surface area contributed by atoms with Crippen molar-refractivity contribution in [1.82, 2.24) is 14.8 Å². The second-order valence-electron chi connectivity index (χ2n) is 6.02. The van der Waals surface area contributed by atoms with E-state index in [1.54, 1.807) is 6.07 Å². The molecule has 8 heteroatoms. The molecule has 1 saturated heterocycles. The standard InChI is InChI=1S/C14H20F3N3.2ClH/c1-10-9-13(5-6-18-10)11-3-4-12(14(15,16)17)20(11)8-7-19(13)2;;/h3-4,10,18H,5-9H2,1-2H3;2*1H. The third-order valence-corrected chi connectivity index (χ3v) is 4.81. The van der Waals surface area contributed by atoms with Crippen LogP contribution < -0.4 is 5.32 Å². The maximum atomic E-state index is 13.1. The number of likely N-dealkylation sites (N-methyl/N-ethyl adjacent to an activating group) is 1. The molecule has 0 saturated carbocycles. The molecule has 1 fully saturated rings. The third kappa shape index (κ3) is 2.98. The number of nitrogens with one attached hydrogen (secondary N) is 1. The molecule has 128 valence electrons. The van der Waals surface area contributed by atoms with Crippen LogP contribution in [-0.2, 0) is 18.3 Å². The first-order valence-electron chi connectivity index (χ1n) is 7.06. The predicted molar refractivity (Wildman–Crippen MR) is 84.9 cm³/mol. The summed E-state index contributed by atoms with van der Waals surface area (Å²) in [6.07, 6.45) is -2.56. The van der Waals surface area contributed by atoms with E-state index in [4.69, 9.17) is 0 Å². The van der Waals surface area contributed by atoms with Gasteiger partial charge in [-0.2, -0.15) is 13.2 Å². The lowest BCUT2D eigenvalue weighted by atomic mass is 9.79. The quantitative estimate of drug-likeness (QED) is 0.767. The van der Waals surface area contributed by atoms with E-state index in [1.165, 1.54) is 10.6 Å². The zero-order valence-electron chi connectivity index (χ0n) is 12.6. The van der Waals surface area contributed by atoms with Gasteiger partial charge in [-0.1, -0.05) is 0 Å². The van der Waals surface area contributed by atoms with E-state index < -0.39 is 11.9 Å². The van der Waals surface area contributed by atoms with Crippen LogP contribution in [0.3, 0.4) is 0 Å². The number of nitrogens with zero attached hydrogens (tertiary/aromatic N) is 2. The van der Waals surface area contributed by atoms with Crippen LogP contribution in [0.25, 0.3) is 0 Å². The lowest BCUT2D eigenvalue weighted by molar-refractivity contribution is -0.144. The summed E-state index contributed by atoms with van der Waals surface area (Å²) < 4.78 is 40.8. The van der Waals surface area contributed by atoms with Crippen molar-refractivity contribution in [3.05, 3.63) is 23.5 Å². The number of alkyl halides is 3. The third-order valence-electron chi connectivity index (χ3n) is 4.81. The number of halogens is 5. The normalized spacial score (nSPS) is 28.7. The van der Waals surface area contributed by atoms with Gasteiger partial charge in [0.05, 0.1) is 5.54 Å². The Bertz CT molecular complexity index is 518. The van der Waals surface area contributed by atoms with Crippen LogP contribution >= 0.6 is 24.8 Å². The van der Waals surface area contributed by atoms with Crippen molar-refractivity contribution in [3.8, 4) is 0 Å². The van der Waals surface area contributed by atoms with Gasteiger partial charge < -0.3 is 9.88 Å². The van der Waals surface area contributed by atoms with E-state index in [9.17, 15) is 13.2 Å². The Balaban J connectivity index is 0.00000121. The lowest BCUT2D eigenvalue weighted by Crippen LogP contribution is -2.57. The number of piperidine rings is 1. The van der Waals surface area contributed by atoms with Gasteiger partial charge in [-0.05, 0) is 45.5 Å². The van der Waals surface area contributed by atoms with Crippen molar-refractivity contribution in [3.63, 3.8) is 0 Å². The summed E-state index contributed by atoms with van der Waals surface area (Å²) in [5.41, 5.74) is 0.0601. The average Bonchev–Trinajstić information content (AvgIpc) is 2.79. The molecule has 0 bridgehead atoms. The molecule has 1 aromatic rings. The zero-order chi connectivity index (χ0) is 14.5. The summed E-state index contributed by atoms with van der Waals surface area (Å²) in [4.78, 5) is 2.24. The predicted octanol–water partition coefficient (Wildman–Crippen LogP) is 3.26. The fourth-order valence-corrected chi connectivity index (χ4v) is 3.81. The Kier molecular flexibility index (Phi) is 5.88. The summed E-state index contributed by atoms with van der Waals surface area (Å²) in [6.45, 7) is 4.02. The Hall–Kier alpha value is -0.430. The molecule has 0 amide bonds. The minimum Gasteiger partial charge on any atom is -0.338 e. The SMILES string of the molecule is CC1CC2(CCN1)c1ccc(C(F)(F)F)n1CCN2C.Cl.Cl. The number of hydrogen-bond donors (Lipinski definition) is 1. The number of rotatable bonds is 0. The smallest absolute Gasteiger partial charge is 0.338 e. The monoisotopic (exact) mass is 359 g/mol. The zero-order valence-corrected chi connectivity index (χ0v) is 14.2. The number of fused-ring (bicyclic) bond motifs is 2. The van der Waals surface area contributed by atoms with E-state index in [2.05, 4.69) is 17.1 Å². The van der Waals surface area contributed by atoms with Gasteiger partial charge in [0.25, 0.3) is 0 Å². The van der Waals surface area contributed by atoms with E-state index >= 15 is 0 Å². The lowest BCUT2D eigenvalue weighted by Gasteiger charge is -2.50. The molecule has 0 aromatic carbocycles. The Morgan fingerprint density at radius 3 is 2.50 bits per heavy atom. The fraction of sp³-hybridized carbons (Fsp3) is 0.714. The van der Waals surface area contributed by atoms with E-state index in [1.807, 2.05) is 7.05 Å². The topological polar surface area (TPSA) is 20.2 Å². The second kappa shape index (κ2) is 6.59. The Morgan fingerprint density at radius 1 is 1.23 bits per heavy atom. The molecule has 2 aliphatic rings. The van der Waals surface area contributed by atoms with Crippen LogP contribution in [0.4, 0.5) is 13.2 Å². The van der Waals surface area contributed by atoms with Crippen LogP contribution in [0.15, 0.2) is 12.1 Å². The van der Waals surface area contributed by atoms with Crippen molar-refractivity contribution in [2.75, 3.05) is 20.1 Å². The summed E-state index contributed by atoms with van der Waals surface area (Å²) >= 11 is 0. The van der Waals surface area contributed by atoms with E-state index in [-0.39, 0.29) is 30.4 Å². The fourth-order valence-electron chi connectivity index (χ4n) is 3.81. The van der Waals surface area contributed by atoms with Crippen LogP contribution in [-0.4, -0.2) is 35.6 Å². The first-order valence-corrected chi connectivity index (χ1v) is 7.06. The highest BCUT2D eigenvalue weighted by Gasteiger charge is 2.47. The molecular formula is C14H22Cl2F3N3. The molecule has 1 aromatic heterocycles. The molecule has 0 aliphatic carbocycles. The highest BCUT2D eigenvalue weighted by atomic mass is 35.5. The minimum atomic E-state index is -4.27. The molecule has 0 radical (unpaired) electrons.